The Balaban J connectivity index is 2.12. The first-order valence-electron chi connectivity index (χ1n) is 5.84. The number of hydrogen-bond donors (Lipinski definition) is 2. The number of tetrazole rings is 1. The molecule has 0 fully saturated rings. The van der Waals surface area contributed by atoms with Crippen LogP contribution in [-0.2, 0) is 0 Å². The first-order chi connectivity index (χ1) is 9.63. The van der Waals surface area contributed by atoms with E-state index in [2.05, 4.69) is 15.5 Å². The van der Waals surface area contributed by atoms with Crippen molar-refractivity contribution in [3.05, 3.63) is 47.5 Å². The maximum absolute atomic E-state index is 5.88. The lowest BCUT2D eigenvalue weighted by molar-refractivity contribution is 0.791. The number of anilines is 2. The second kappa shape index (κ2) is 4.82. The molecule has 20 heavy (non-hydrogen) atoms. The lowest BCUT2D eigenvalue weighted by atomic mass is 10.1. The molecular formula is C13H11ClN6. The van der Waals surface area contributed by atoms with Gasteiger partial charge in [0.15, 0.2) is 5.82 Å². The summed E-state index contributed by atoms with van der Waals surface area (Å²) >= 11 is 5.88. The van der Waals surface area contributed by atoms with Crippen LogP contribution in [0.2, 0.25) is 5.02 Å². The van der Waals surface area contributed by atoms with Gasteiger partial charge in [-0.3, -0.25) is 0 Å². The molecule has 0 spiro atoms. The summed E-state index contributed by atoms with van der Waals surface area (Å²) in [6.07, 6.45) is 0. The van der Waals surface area contributed by atoms with Crippen LogP contribution in [0.15, 0.2) is 42.5 Å². The van der Waals surface area contributed by atoms with Gasteiger partial charge in [0.2, 0.25) is 0 Å². The zero-order chi connectivity index (χ0) is 14.1. The molecule has 2 aromatic carbocycles. The topological polar surface area (TPSA) is 95.6 Å². The van der Waals surface area contributed by atoms with Gasteiger partial charge in [-0.2, -0.15) is 4.68 Å². The van der Waals surface area contributed by atoms with E-state index in [1.54, 1.807) is 35.0 Å². The third-order valence-corrected chi connectivity index (χ3v) is 3.03. The highest BCUT2D eigenvalue weighted by Gasteiger charge is 2.11. The minimum absolute atomic E-state index is 0.561. The number of halogens is 1. The van der Waals surface area contributed by atoms with Gasteiger partial charge in [0.05, 0.1) is 5.69 Å². The molecule has 0 unspecified atom stereocenters. The van der Waals surface area contributed by atoms with Crippen molar-refractivity contribution >= 4 is 23.0 Å². The summed E-state index contributed by atoms with van der Waals surface area (Å²) in [5, 5.41) is 12.4. The molecule has 6 nitrogen and oxygen atoms in total. The Morgan fingerprint density at radius 3 is 2.25 bits per heavy atom. The average Bonchev–Trinajstić information content (AvgIpc) is 2.87. The van der Waals surface area contributed by atoms with Crippen LogP contribution in [0.1, 0.15) is 0 Å². The summed E-state index contributed by atoms with van der Waals surface area (Å²) in [6, 6.07) is 12.4. The minimum atomic E-state index is 0.561. The van der Waals surface area contributed by atoms with Crippen LogP contribution in [-0.4, -0.2) is 20.2 Å². The van der Waals surface area contributed by atoms with E-state index in [4.69, 9.17) is 23.1 Å². The Morgan fingerprint density at radius 1 is 0.950 bits per heavy atom. The second-order valence-corrected chi connectivity index (χ2v) is 4.72. The van der Waals surface area contributed by atoms with E-state index in [0.717, 1.165) is 11.3 Å². The standard InChI is InChI=1S/C13H11ClN6/c14-9-1-3-12(4-2-9)20-13(17-18-19-20)8-5-10(15)7-11(16)6-8/h1-7H,15-16H2. The van der Waals surface area contributed by atoms with Crippen molar-refractivity contribution in [1.82, 2.24) is 20.2 Å². The Bertz CT molecular complexity index is 730. The van der Waals surface area contributed by atoms with Crippen LogP contribution >= 0.6 is 11.6 Å². The van der Waals surface area contributed by atoms with Crippen molar-refractivity contribution in [3.8, 4) is 17.1 Å². The molecule has 0 aliphatic rings. The molecular weight excluding hydrogens is 276 g/mol. The highest BCUT2D eigenvalue weighted by Crippen LogP contribution is 2.24. The Hall–Kier alpha value is -2.60. The lowest BCUT2D eigenvalue weighted by Gasteiger charge is -2.06. The third-order valence-electron chi connectivity index (χ3n) is 2.78. The lowest BCUT2D eigenvalue weighted by Crippen LogP contribution is -2.00. The summed E-state index contributed by atoms with van der Waals surface area (Å²) in [5.41, 5.74) is 14.3. The summed E-state index contributed by atoms with van der Waals surface area (Å²) in [7, 11) is 0. The van der Waals surface area contributed by atoms with Crippen molar-refractivity contribution in [3.63, 3.8) is 0 Å². The van der Waals surface area contributed by atoms with Crippen molar-refractivity contribution in [2.45, 2.75) is 0 Å². The molecule has 0 saturated heterocycles. The molecule has 0 saturated carbocycles. The number of rotatable bonds is 2. The number of nitrogen functional groups attached to an aromatic ring is 2. The van der Waals surface area contributed by atoms with Gasteiger partial charge in [-0.15, -0.1) is 5.10 Å². The number of nitrogens with zero attached hydrogens (tertiary/aromatic N) is 4. The van der Waals surface area contributed by atoms with E-state index in [1.165, 1.54) is 0 Å². The average molecular weight is 287 g/mol. The van der Waals surface area contributed by atoms with Crippen molar-refractivity contribution in [1.29, 1.82) is 0 Å². The van der Waals surface area contributed by atoms with E-state index in [0.29, 0.717) is 22.2 Å². The number of aromatic nitrogens is 4. The van der Waals surface area contributed by atoms with Gasteiger partial charge in [0.25, 0.3) is 0 Å². The SMILES string of the molecule is Nc1cc(N)cc(-c2nnnn2-c2ccc(Cl)cc2)c1. The maximum atomic E-state index is 5.88. The van der Waals surface area contributed by atoms with Crippen molar-refractivity contribution in [2.24, 2.45) is 0 Å². The molecule has 0 amide bonds. The summed E-state index contributed by atoms with van der Waals surface area (Å²) < 4.78 is 1.60. The highest BCUT2D eigenvalue weighted by molar-refractivity contribution is 6.30. The van der Waals surface area contributed by atoms with E-state index in [9.17, 15) is 0 Å². The predicted octanol–water partition coefficient (Wildman–Crippen LogP) is 2.15. The molecule has 7 heteroatoms. The number of benzene rings is 2. The molecule has 4 N–H and O–H groups in total. The largest absolute Gasteiger partial charge is 0.399 e. The predicted molar refractivity (Wildman–Crippen MR) is 78.4 cm³/mol. The second-order valence-electron chi connectivity index (χ2n) is 4.28. The fourth-order valence-electron chi connectivity index (χ4n) is 1.93. The third kappa shape index (κ3) is 2.28. The van der Waals surface area contributed by atoms with Gasteiger partial charge >= 0.3 is 0 Å². The van der Waals surface area contributed by atoms with Crippen LogP contribution in [0.25, 0.3) is 17.1 Å². The molecule has 3 rings (SSSR count). The monoisotopic (exact) mass is 286 g/mol. The molecule has 3 aromatic rings. The minimum Gasteiger partial charge on any atom is -0.399 e. The van der Waals surface area contributed by atoms with E-state index >= 15 is 0 Å². The highest BCUT2D eigenvalue weighted by atomic mass is 35.5. The molecule has 0 aliphatic carbocycles. The Kier molecular flexibility index (Phi) is 3.00. The van der Waals surface area contributed by atoms with Gasteiger partial charge in [0.1, 0.15) is 0 Å². The first-order valence-corrected chi connectivity index (χ1v) is 6.22. The Morgan fingerprint density at radius 2 is 1.60 bits per heavy atom. The van der Waals surface area contributed by atoms with Crippen molar-refractivity contribution < 1.29 is 0 Å². The molecule has 0 bridgehead atoms. The van der Waals surface area contributed by atoms with Crippen LogP contribution in [0.5, 0.6) is 0 Å². The van der Waals surface area contributed by atoms with Gasteiger partial charge < -0.3 is 11.5 Å². The van der Waals surface area contributed by atoms with Crippen LogP contribution in [0.4, 0.5) is 11.4 Å². The van der Waals surface area contributed by atoms with E-state index in [1.807, 2.05) is 12.1 Å². The molecule has 0 atom stereocenters. The normalized spacial score (nSPS) is 10.7. The van der Waals surface area contributed by atoms with E-state index in [-0.39, 0.29) is 0 Å². The fraction of sp³-hybridized carbons (Fsp3) is 0. The van der Waals surface area contributed by atoms with Gasteiger partial charge in [0, 0.05) is 22.0 Å². The Labute approximate surface area is 120 Å². The molecule has 0 aliphatic heterocycles. The van der Waals surface area contributed by atoms with Crippen molar-refractivity contribution in [2.75, 3.05) is 11.5 Å². The van der Waals surface area contributed by atoms with Crippen LogP contribution in [0.3, 0.4) is 0 Å². The summed E-state index contributed by atoms with van der Waals surface area (Å²) in [6.45, 7) is 0. The van der Waals surface area contributed by atoms with Gasteiger partial charge in [-0.05, 0) is 52.9 Å². The van der Waals surface area contributed by atoms with Crippen LogP contribution < -0.4 is 11.5 Å². The molecule has 0 radical (unpaired) electrons. The molecule has 1 heterocycles. The zero-order valence-electron chi connectivity index (χ0n) is 10.4. The number of hydrogen-bond acceptors (Lipinski definition) is 5. The van der Waals surface area contributed by atoms with Gasteiger partial charge in [-0.25, -0.2) is 0 Å². The molecule has 100 valence electrons. The quantitative estimate of drug-likeness (QED) is 0.704. The van der Waals surface area contributed by atoms with E-state index < -0.39 is 0 Å². The summed E-state index contributed by atoms with van der Waals surface area (Å²) in [5.74, 6) is 0.561. The smallest absolute Gasteiger partial charge is 0.187 e. The van der Waals surface area contributed by atoms with Crippen LogP contribution in [0, 0.1) is 0 Å². The van der Waals surface area contributed by atoms with Gasteiger partial charge in [-0.1, -0.05) is 11.6 Å². The number of nitrogens with two attached hydrogens (primary N) is 2. The zero-order valence-corrected chi connectivity index (χ0v) is 11.1. The molecule has 1 aromatic heterocycles. The summed E-state index contributed by atoms with van der Waals surface area (Å²) in [4.78, 5) is 0. The first kappa shape index (κ1) is 12.4. The fourth-order valence-corrected chi connectivity index (χ4v) is 2.05. The maximum Gasteiger partial charge on any atom is 0.187 e.